The van der Waals surface area contributed by atoms with Gasteiger partial charge < -0.3 is 10.0 Å². The number of carboxylic acid groups (broad SMARTS) is 1. The summed E-state index contributed by atoms with van der Waals surface area (Å²) in [4.78, 5) is 24.3. The van der Waals surface area contributed by atoms with Gasteiger partial charge in [0.25, 0.3) is 0 Å². The van der Waals surface area contributed by atoms with Crippen molar-refractivity contribution in [1.29, 1.82) is 0 Å². The van der Waals surface area contributed by atoms with Gasteiger partial charge >= 0.3 is 11.3 Å². The van der Waals surface area contributed by atoms with Crippen LogP contribution in [0.1, 0.15) is 19.4 Å². The summed E-state index contributed by atoms with van der Waals surface area (Å²) in [6.07, 6.45) is 0.218. The van der Waals surface area contributed by atoms with Crippen molar-refractivity contribution in [2.45, 2.75) is 25.8 Å². The van der Waals surface area contributed by atoms with Crippen LogP contribution in [0.5, 0.6) is 0 Å². The summed E-state index contributed by atoms with van der Waals surface area (Å²) in [6.45, 7) is 3.54. The van der Waals surface area contributed by atoms with E-state index in [2.05, 4.69) is 0 Å². The van der Waals surface area contributed by atoms with E-state index in [1.54, 1.807) is 13.8 Å². The van der Waals surface area contributed by atoms with Gasteiger partial charge in [0.15, 0.2) is 0 Å². The fraction of sp³-hybridized carbons (Fsp3) is 0.429. The van der Waals surface area contributed by atoms with Crippen molar-refractivity contribution in [1.82, 2.24) is 4.90 Å². The number of halogens is 1. The second-order valence-corrected chi connectivity index (χ2v) is 5.18. The number of rotatable bonds is 5. The summed E-state index contributed by atoms with van der Waals surface area (Å²) in [7, 11) is 1.42. The number of hydrogen-bond donors (Lipinski definition) is 1. The SMILES string of the molecule is CC(C)[C@@](Cc1ccccc1)(C(=O)O)N(C)C(=O)Cl. The molecule has 0 radical (unpaired) electrons. The minimum absolute atomic E-state index is 0.218. The van der Waals surface area contributed by atoms with E-state index in [9.17, 15) is 14.7 Å². The van der Waals surface area contributed by atoms with Gasteiger partial charge in [-0.1, -0.05) is 44.2 Å². The predicted octanol–water partition coefficient (Wildman–Crippen LogP) is 3.00. The molecule has 4 nitrogen and oxygen atoms in total. The standard InChI is InChI=1S/C14H18ClNO3/c1-10(2)14(12(17)18,16(3)13(15)19)9-11-7-5-4-6-8-11/h4-8,10H,9H2,1-3H3,(H,17,18)/t14-/m0/s1. The Bertz CT molecular complexity index is 461. The molecule has 1 rings (SSSR count). The van der Waals surface area contributed by atoms with Gasteiger partial charge in [0.2, 0.25) is 0 Å². The minimum Gasteiger partial charge on any atom is -0.479 e. The Morgan fingerprint density at radius 1 is 1.32 bits per heavy atom. The Kier molecular flexibility index (Phi) is 4.95. The number of carboxylic acids is 1. The van der Waals surface area contributed by atoms with Gasteiger partial charge in [0.1, 0.15) is 5.54 Å². The number of carbonyl (C=O) groups is 2. The van der Waals surface area contributed by atoms with Crippen molar-refractivity contribution < 1.29 is 14.7 Å². The van der Waals surface area contributed by atoms with E-state index >= 15 is 0 Å². The lowest BCUT2D eigenvalue weighted by Gasteiger charge is -2.40. The van der Waals surface area contributed by atoms with Gasteiger partial charge in [-0.25, -0.2) is 4.79 Å². The maximum absolute atomic E-state index is 11.8. The van der Waals surface area contributed by atoms with Crippen molar-refractivity contribution in [3.8, 4) is 0 Å². The van der Waals surface area contributed by atoms with Crippen LogP contribution in [0.2, 0.25) is 0 Å². The molecule has 19 heavy (non-hydrogen) atoms. The molecule has 0 aliphatic heterocycles. The maximum Gasteiger partial charge on any atom is 0.330 e. The molecular formula is C14H18ClNO3. The fourth-order valence-electron chi connectivity index (χ4n) is 2.24. The number of carbonyl (C=O) groups excluding carboxylic acids is 1. The molecule has 1 amide bonds. The Morgan fingerprint density at radius 3 is 2.21 bits per heavy atom. The summed E-state index contributed by atoms with van der Waals surface area (Å²) >= 11 is 5.49. The monoisotopic (exact) mass is 283 g/mol. The molecule has 0 unspecified atom stereocenters. The van der Waals surface area contributed by atoms with E-state index in [0.717, 1.165) is 10.5 Å². The number of hydrogen-bond acceptors (Lipinski definition) is 2. The molecule has 0 spiro atoms. The first kappa shape index (κ1) is 15.5. The second kappa shape index (κ2) is 6.06. The van der Waals surface area contributed by atoms with Crippen LogP contribution < -0.4 is 0 Å². The largest absolute Gasteiger partial charge is 0.479 e. The molecule has 1 N–H and O–H groups in total. The molecule has 0 saturated carbocycles. The lowest BCUT2D eigenvalue weighted by atomic mass is 9.79. The second-order valence-electron chi connectivity index (χ2n) is 4.86. The average molecular weight is 284 g/mol. The molecule has 5 heteroatoms. The normalized spacial score (nSPS) is 13.9. The van der Waals surface area contributed by atoms with E-state index in [1.807, 2.05) is 30.3 Å². The molecular weight excluding hydrogens is 266 g/mol. The van der Waals surface area contributed by atoms with Gasteiger partial charge in [-0.2, -0.15) is 0 Å². The van der Waals surface area contributed by atoms with Crippen molar-refractivity contribution >= 4 is 22.9 Å². The van der Waals surface area contributed by atoms with Gasteiger partial charge in [-0.3, -0.25) is 4.79 Å². The Hall–Kier alpha value is -1.55. The lowest BCUT2D eigenvalue weighted by Crippen LogP contribution is -2.59. The molecule has 104 valence electrons. The molecule has 0 aliphatic rings. The van der Waals surface area contributed by atoms with Gasteiger partial charge in [-0.05, 0) is 23.1 Å². The zero-order chi connectivity index (χ0) is 14.6. The highest BCUT2D eigenvalue weighted by Gasteiger charge is 2.47. The number of likely N-dealkylation sites (N-methyl/N-ethyl adjacent to an activating group) is 1. The highest BCUT2D eigenvalue weighted by Crippen LogP contribution is 2.30. The van der Waals surface area contributed by atoms with Crippen LogP contribution in [-0.4, -0.2) is 33.9 Å². The molecule has 1 atom stereocenters. The summed E-state index contributed by atoms with van der Waals surface area (Å²) in [5.41, 5.74) is -0.497. The van der Waals surface area contributed by atoms with E-state index in [0.29, 0.717) is 0 Å². The number of aliphatic carboxylic acids is 1. The maximum atomic E-state index is 11.8. The lowest BCUT2D eigenvalue weighted by molar-refractivity contribution is -0.151. The van der Waals surface area contributed by atoms with Crippen LogP contribution in [0.3, 0.4) is 0 Å². The van der Waals surface area contributed by atoms with Crippen LogP contribution in [-0.2, 0) is 11.2 Å². The molecule has 1 aromatic rings. The van der Waals surface area contributed by atoms with Crippen LogP contribution >= 0.6 is 11.6 Å². The van der Waals surface area contributed by atoms with Crippen LogP contribution in [0, 0.1) is 5.92 Å². The van der Waals surface area contributed by atoms with E-state index in [-0.39, 0.29) is 12.3 Å². The topological polar surface area (TPSA) is 57.6 Å². The molecule has 0 heterocycles. The zero-order valence-corrected chi connectivity index (χ0v) is 12.0. The molecule has 1 aromatic carbocycles. The smallest absolute Gasteiger partial charge is 0.330 e. The average Bonchev–Trinajstić information content (AvgIpc) is 2.35. The predicted molar refractivity (Wildman–Crippen MR) is 74.4 cm³/mol. The highest BCUT2D eigenvalue weighted by atomic mass is 35.5. The fourth-order valence-corrected chi connectivity index (χ4v) is 2.39. The number of amides is 1. The third-order valence-corrected chi connectivity index (χ3v) is 3.76. The zero-order valence-electron chi connectivity index (χ0n) is 11.3. The Balaban J connectivity index is 3.25. The summed E-state index contributed by atoms with van der Waals surface area (Å²) in [5, 5.41) is 8.85. The van der Waals surface area contributed by atoms with Crippen molar-refractivity contribution in [2.24, 2.45) is 5.92 Å². The molecule has 0 aromatic heterocycles. The van der Waals surface area contributed by atoms with Crippen molar-refractivity contribution in [3.05, 3.63) is 35.9 Å². The van der Waals surface area contributed by atoms with Crippen molar-refractivity contribution in [2.75, 3.05) is 7.05 Å². The van der Waals surface area contributed by atoms with E-state index in [4.69, 9.17) is 11.6 Å². The quantitative estimate of drug-likeness (QED) is 0.667. The highest BCUT2D eigenvalue weighted by molar-refractivity contribution is 6.63. The third-order valence-electron chi connectivity index (χ3n) is 3.50. The molecule has 0 fully saturated rings. The van der Waals surface area contributed by atoms with Crippen LogP contribution in [0.15, 0.2) is 30.3 Å². The number of nitrogens with zero attached hydrogens (tertiary/aromatic N) is 1. The molecule has 0 aliphatic carbocycles. The summed E-state index contributed by atoms with van der Waals surface area (Å²) in [5.74, 6) is -1.33. The van der Waals surface area contributed by atoms with E-state index in [1.165, 1.54) is 7.05 Å². The third kappa shape index (κ3) is 3.07. The van der Waals surface area contributed by atoms with Crippen LogP contribution in [0.4, 0.5) is 4.79 Å². The van der Waals surface area contributed by atoms with Gasteiger partial charge in [0, 0.05) is 13.5 Å². The van der Waals surface area contributed by atoms with E-state index < -0.39 is 16.9 Å². The van der Waals surface area contributed by atoms with Crippen LogP contribution in [0.25, 0.3) is 0 Å². The Morgan fingerprint density at radius 2 is 1.84 bits per heavy atom. The molecule has 0 bridgehead atoms. The first-order chi connectivity index (χ1) is 8.82. The van der Waals surface area contributed by atoms with Gasteiger partial charge in [-0.15, -0.1) is 0 Å². The Labute approximate surface area is 118 Å². The summed E-state index contributed by atoms with van der Waals surface area (Å²) < 4.78 is 0. The molecule has 0 saturated heterocycles. The number of benzene rings is 1. The first-order valence-electron chi connectivity index (χ1n) is 6.03. The van der Waals surface area contributed by atoms with Gasteiger partial charge in [0.05, 0.1) is 0 Å². The minimum atomic E-state index is -1.35. The van der Waals surface area contributed by atoms with Crippen molar-refractivity contribution in [3.63, 3.8) is 0 Å². The summed E-state index contributed by atoms with van der Waals surface area (Å²) in [6, 6.07) is 9.21. The first-order valence-corrected chi connectivity index (χ1v) is 6.40.